The van der Waals surface area contributed by atoms with Crippen molar-refractivity contribution in [2.75, 3.05) is 26.3 Å². The van der Waals surface area contributed by atoms with Crippen LogP contribution in [0.25, 0.3) is 22.5 Å². The number of hydrogen-bond donors (Lipinski definition) is 1. The molecular weight excluding hydrogens is 522 g/mol. The van der Waals surface area contributed by atoms with E-state index in [1.807, 2.05) is 55.5 Å². The summed E-state index contributed by atoms with van der Waals surface area (Å²) in [5, 5.41) is 3.84. The number of amides is 1. The maximum absolute atomic E-state index is 13.9. The van der Waals surface area contributed by atoms with Gasteiger partial charge in [-0.1, -0.05) is 74.0 Å². The highest BCUT2D eigenvalue weighted by Crippen LogP contribution is 2.30. The molecule has 1 N–H and O–H groups in total. The molecule has 214 valence electrons. The van der Waals surface area contributed by atoms with Gasteiger partial charge in [-0.2, -0.15) is 0 Å². The Balaban J connectivity index is 1.46. The lowest BCUT2D eigenvalue weighted by atomic mass is 9.98. The van der Waals surface area contributed by atoms with Gasteiger partial charge < -0.3 is 9.64 Å². The van der Waals surface area contributed by atoms with Gasteiger partial charge in [-0.3, -0.25) is 23.7 Å². The van der Waals surface area contributed by atoms with Crippen molar-refractivity contribution in [3.8, 4) is 22.5 Å². The van der Waals surface area contributed by atoms with E-state index >= 15 is 0 Å². The van der Waals surface area contributed by atoms with E-state index in [2.05, 4.69) is 17.1 Å². The SMILES string of the molecule is CCCCc1nc(CC)c(CC(=O)N2CCOCC2)c(=O)n1Cc1ccc(-c2ccccc2-c2noc(=O)[nH]2)cc1. The van der Waals surface area contributed by atoms with Gasteiger partial charge in [0.05, 0.1) is 31.9 Å². The Morgan fingerprint density at radius 3 is 2.39 bits per heavy atom. The Morgan fingerprint density at radius 2 is 1.73 bits per heavy atom. The summed E-state index contributed by atoms with van der Waals surface area (Å²) < 4.78 is 11.8. The number of rotatable bonds is 10. The number of ether oxygens (including phenoxy) is 1. The Labute approximate surface area is 238 Å². The van der Waals surface area contributed by atoms with Crippen LogP contribution in [0.15, 0.2) is 62.6 Å². The highest BCUT2D eigenvalue weighted by atomic mass is 16.5. The fourth-order valence-corrected chi connectivity index (χ4v) is 5.18. The van der Waals surface area contributed by atoms with Crippen molar-refractivity contribution in [1.82, 2.24) is 24.6 Å². The Morgan fingerprint density at radius 1 is 1.00 bits per heavy atom. The number of nitrogens with one attached hydrogen (secondary N) is 1. The molecule has 0 radical (unpaired) electrons. The zero-order valence-corrected chi connectivity index (χ0v) is 23.5. The van der Waals surface area contributed by atoms with Gasteiger partial charge >= 0.3 is 5.76 Å². The van der Waals surface area contributed by atoms with Gasteiger partial charge in [0, 0.05) is 30.6 Å². The molecule has 1 fully saturated rings. The van der Waals surface area contributed by atoms with E-state index in [1.165, 1.54) is 0 Å². The highest BCUT2D eigenvalue weighted by Gasteiger charge is 2.23. The Kier molecular flexibility index (Phi) is 8.88. The zero-order chi connectivity index (χ0) is 28.8. The van der Waals surface area contributed by atoms with E-state index in [0.717, 1.165) is 40.9 Å². The van der Waals surface area contributed by atoms with Gasteiger partial charge in [-0.15, -0.1) is 0 Å². The van der Waals surface area contributed by atoms with Crippen molar-refractivity contribution in [1.29, 1.82) is 0 Å². The molecule has 10 nitrogen and oxygen atoms in total. The van der Waals surface area contributed by atoms with Gasteiger partial charge in [0.1, 0.15) is 5.82 Å². The molecule has 41 heavy (non-hydrogen) atoms. The molecule has 10 heteroatoms. The van der Waals surface area contributed by atoms with Crippen molar-refractivity contribution in [3.63, 3.8) is 0 Å². The lowest BCUT2D eigenvalue weighted by molar-refractivity contribution is -0.134. The molecule has 3 heterocycles. The molecule has 2 aromatic carbocycles. The number of carbonyl (C=O) groups is 1. The first-order valence-corrected chi connectivity index (χ1v) is 14.2. The number of aryl methyl sites for hydroxylation is 2. The summed E-state index contributed by atoms with van der Waals surface area (Å²) in [5.41, 5.74) is 4.56. The molecule has 1 aliphatic rings. The number of benzene rings is 2. The first kappa shape index (κ1) is 28.2. The van der Waals surface area contributed by atoms with Crippen LogP contribution in [0.5, 0.6) is 0 Å². The van der Waals surface area contributed by atoms with E-state index < -0.39 is 5.76 Å². The van der Waals surface area contributed by atoms with Crippen molar-refractivity contribution in [2.45, 2.75) is 52.5 Å². The van der Waals surface area contributed by atoms with Crippen LogP contribution in [0.4, 0.5) is 0 Å². The van der Waals surface area contributed by atoms with Crippen LogP contribution in [0.3, 0.4) is 0 Å². The van der Waals surface area contributed by atoms with Crippen molar-refractivity contribution < 1.29 is 14.1 Å². The minimum Gasteiger partial charge on any atom is -0.378 e. The maximum Gasteiger partial charge on any atom is 0.439 e. The van der Waals surface area contributed by atoms with Gasteiger partial charge in [-0.05, 0) is 29.5 Å². The van der Waals surface area contributed by atoms with Crippen LogP contribution in [0.2, 0.25) is 0 Å². The van der Waals surface area contributed by atoms with Gasteiger partial charge in [-0.25, -0.2) is 9.78 Å². The molecule has 0 atom stereocenters. The predicted octanol–water partition coefficient (Wildman–Crippen LogP) is 3.61. The van der Waals surface area contributed by atoms with Gasteiger partial charge in [0.25, 0.3) is 5.56 Å². The average Bonchev–Trinajstić information content (AvgIpc) is 3.45. The number of carbonyl (C=O) groups excluding carboxylic acids is 1. The maximum atomic E-state index is 13.9. The van der Waals surface area contributed by atoms with Crippen LogP contribution in [0.1, 0.15) is 49.3 Å². The predicted molar refractivity (Wildman–Crippen MR) is 155 cm³/mol. The van der Waals surface area contributed by atoms with Gasteiger partial charge in [0.2, 0.25) is 5.91 Å². The second-order valence-corrected chi connectivity index (χ2v) is 10.2. The molecule has 1 aliphatic heterocycles. The first-order valence-electron chi connectivity index (χ1n) is 14.2. The first-order chi connectivity index (χ1) is 20.0. The molecule has 5 rings (SSSR count). The largest absolute Gasteiger partial charge is 0.439 e. The molecule has 0 aliphatic carbocycles. The average molecular weight is 558 g/mol. The molecule has 1 saturated heterocycles. The summed E-state index contributed by atoms with van der Waals surface area (Å²) >= 11 is 0. The summed E-state index contributed by atoms with van der Waals surface area (Å²) in [7, 11) is 0. The summed E-state index contributed by atoms with van der Waals surface area (Å²) in [5.74, 6) is 0.443. The van der Waals surface area contributed by atoms with E-state index in [0.29, 0.717) is 62.8 Å². The number of aromatic nitrogens is 4. The minimum absolute atomic E-state index is 0.0446. The molecule has 0 unspecified atom stereocenters. The lowest BCUT2D eigenvalue weighted by Crippen LogP contribution is -2.43. The Bertz CT molecular complexity index is 1610. The van der Waals surface area contributed by atoms with Crippen molar-refractivity contribution >= 4 is 5.91 Å². The van der Waals surface area contributed by atoms with Crippen molar-refractivity contribution in [3.05, 3.63) is 92.1 Å². The third-order valence-electron chi connectivity index (χ3n) is 7.44. The fourth-order valence-electron chi connectivity index (χ4n) is 5.18. The second kappa shape index (κ2) is 12.9. The van der Waals surface area contributed by atoms with Crippen molar-refractivity contribution in [2.24, 2.45) is 0 Å². The number of nitrogens with zero attached hydrogens (tertiary/aromatic N) is 4. The summed E-state index contributed by atoms with van der Waals surface area (Å²) in [6.07, 6.45) is 3.23. The molecule has 0 spiro atoms. The second-order valence-electron chi connectivity index (χ2n) is 10.2. The summed E-state index contributed by atoms with van der Waals surface area (Å²) in [6.45, 7) is 6.56. The van der Waals surface area contributed by atoms with E-state index in [4.69, 9.17) is 14.2 Å². The third-order valence-corrected chi connectivity index (χ3v) is 7.44. The molecule has 4 aromatic rings. The lowest BCUT2D eigenvalue weighted by Gasteiger charge is -2.27. The number of H-pyrrole nitrogens is 1. The van der Waals surface area contributed by atoms with Crippen LogP contribution in [-0.2, 0) is 35.3 Å². The number of hydrogen-bond acceptors (Lipinski definition) is 7. The van der Waals surface area contributed by atoms with E-state index in [9.17, 15) is 14.4 Å². The van der Waals surface area contributed by atoms with E-state index in [-0.39, 0.29) is 17.9 Å². The quantitative estimate of drug-likeness (QED) is 0.316. The smallest absolute Gasteiger partial charge is 0.378 e. The van der Waals surface area contributed by atoms with Crippen LogP contribution < -0.4 is 11.3 Å². The van der Waals surface area contributed by atoms with Crippen LogP contribution in [0, 0.1) is 0 Å². The minimum atomic E-state index is -0.608. The standard InChI is InChI=1S/C31H35N5O5/c1-3-5-10-27-32-26(4-2)25(19-28(37)35-15-17-40-18-16-35)30(38)36(27)20-21-11-13-22(14-12-21)23-8-6-7-9-24(23)29-33-31(39)41-34-29/h6-9,11-14H,3-5,10,15-20H2,1-2H3,(H,33,34,39). The molecule has 0 saturated carbocycles. The highest BCUT2D eigenvalue weighted by molar-refractivity contribution is 5.80. The summed E-state index contributed by atoms with van der Waals surface area (Å²) in [4.78, 5) is 47.8. The molecular formula is C31H35N5O5. The molecule has 2 aromatic heterocycles. The number of aromatic amines is 1. The molecule has 1 amide bonds. The monoisotopic (exact) mass is 557 g/mol. The normalized spacial score (nSPS) is 13.5. The fraction of sp³-hybridized carbons (Fsp3) is 0.387. The zero-order valence-electron chi connectivity index (χ0n) is 23.5. The van der Waals surface area contributed by atoms with Crippen LogP contribution in [-0.4, -0.2) is 56.8 Å². The number of morpholine rings is 1. The Hall–Kier alpha value is -4.31. The summed E-state index contributed by atoms with van der Waals surface area (Å²) in [6, 6.07) is 15.6. The third kappa shape index (κ3) is 6.38. The molecule has 0 bridgehead atoms. The van der Waals surface area contributed by atoms with Gasteiger partial charge in [0.15, 0.2) is 5.82 Å². The van der Waals surface area contributed by atoms with E-state index in [1.54, 1.807) is 9.47 Å². The van der Waals surface area contributed by atoms with Crippen LogP contribution >= 0.6 is 0 Å². The number of unbranched alkanes of at least 4 members (excludes halogenated alkanes) is 1. The topological polar surface area (TPSA) is 123 Å².